The highest BCUT2D eigenvalue weighted by atomic mass is 32.2. The second-order valence-corrected chi connectivity index (χ2v) is 9.27. The first kappa shape index (κ1) is 21.5. The Bertz CT molecular complexity index is 1180. The van der Waals surface area contributed by atoms with Crippen LogP contribution in [0.2, 0.25) is 0 Å². The zero-order chi connectivity index (χ0) is 21.8. The maximum atomic E-state index is 13.7. The number of ether oxygens (including phenoxy) is 1. The highest BCUT2D eigenvalue weighted by Gasteiger charge is 2.20. The Kier molecular flexibility index (Phi) is 6.41. The van der Waals surface area contributed by atoms with Crippen molar-refractivity contribution < 1.29 is 17.5 Å². The summed E-state index contributed by atoms with van der Waals surface area (Å²) in [5.74, 6) is 0.345. The lowest BCUT2D eigenvalue weighted by molar-refractivity contribution is 0.412. The Balaban J connectivity index is 1.51. The largest absolute Gasteiger partial charge is 0.495 e. The van der Waals surface area contributed by atoms with E-state index >= 15 is 0 Å². The monoisotopic (exact) mass is 443 g/mol. The van der Waals surface area contributed by atoms with Crippen molar-refractivity contribution in [3.8, 4) is 5.75 Å². The Labute approximate surface area is 182 Å². The number of halogens is 1. The quantitative estimate of drug-likeness (QED) is 0.588. The van der Waals surface area contributed by atoms with E-state index in [-0.39, 0.29) is 17.3 Å². The molecule has 1 fully saturated rings. The standard InChI is InChI=1S/C23H26FN3O3S/c1-30-23-8-7-20(16-22(23)27-13-11-25-12-14-27)31(28,29)26-10-9-18-4-2-3-17-5-6-19(24)15-21(17)18/h2-8,15-16,25-26H,9-14H2,1H3. The first-order valence-electron chi connectivity index (χ1n) is 10.3. The van der Waals surface area contributed by atoms with Crippen LogP contribution in [0.1, 0.15) is 5.56 Å². The Morgan fingerprint density at radius 1 is 1.10 bits per heavy atom. The number of sulfonamides is 1. The Morgan fingerprint density at radius 2 is 1.90 bits per heavy atom. The number of nitrogens with zero attached hydrogens (tertiary/aromatic N) is 1. The minimum absolute atomic E-state index is 0.200. The first-order valence-corrected chi connectivity index (χ1v) is 11.8. The lowest BCUT2D eigenvalue weighted by Crippen LogP contribution is -2.43. The van der Waals surface area contributed by atoms with Crippen molar-refractivity contribution in [1.29, 1.82) is 0 Å². The zero-order valence-corrected chi connectivity index (χ0v) is 18.2. The van der Waals surface area contributed by atoms with Crippen molar-refractivity contribution in [3.05, 3.63) is 66.0 Å². The van der Waals surface area contributed by atoms with E-state index in [4.69, 9.17) is 4.74 Å². The molecule has 1 heterocycles. The maximum absolute atomic E-state index is 13.7. The summed E-state index contributed by atoms with van der Waals surface area (Å²) in [6.07, 6.45) is 0.459. The summed E-state index contributed by atoms with van der Waals surface area (Å²) in [5, 5.41) is 5.02. The topological polar surface area (TPSA) is 70.7 Å². The molecule has 0 aliphatic carbocycles. The van der Waals surface area contributed by atoms with Crippen LogP contribution in [0.15, 0.2) is 59.5 Å². The van der Waals surface area contributed by atoms with Gasteiger partial charge in [0.25, 0.3) is 0 Å². The van der Waals surface area contributed by atoms with Gasteiger partial charge in [-0.2, -0.15) is 0 Å². The zero-order valence-electron chi connectivity index (χ0n) is 17.4. The van der Waals surface area contributed by atoms with Crippen LogP contribution in [0.25, 0.3) is 10.8 Å². The average molecular weight is 444 g/mol. The van der Waals surface area contributed by atoms with E-state index in [1.807, 2.05) is 18.2 Å². The molecular formula is C23H26FN3O3S. The molecular weight excluding hydrogens is 417 g/mol. The van der Waals surface area contributed by atoms with Gasteiger partial charge in [0.1, 0.15) is 11.6 Å². The molecule has 8 heteroatoms. The molecule has 0 aromatic heterocycles. The summed E-state index contributed by atoms with van der Waals surface area (Å²) in [4.78, 5) is 2.32. The third-order valence-electron chi connectivity index (χ3n) is 5.54. The van der Waals surface area contributed by atoms with Crippen LogP contribution in [0.5, 0.6) is 5.75 Å². The second-order valence-electron chi connectivity index (χ2n) is 7.50. The van der Waals surface area contributed by atoms with Gasteiger partial charge in [0, 0.05) is 32.7 Å². The van der Waals surface area contributed by atoms with Crippen molar-refractivity contribution in [2.75, 3.05) is 44.7 Å². The molecule has 0 amide bonds. The van der Waals surface area contributed by atoms with Gasteiger partial charge in [-0.3, -0.25) is 0 Å². The van der Waals surface area contributed by atoms with Crippen LogP contribution < -0.4 is 19.7 Å². The number of hydrogen-bond acceptors (Lipinski definition) is 5. The van der Waals surface area contributed by atoms with Crippen LogP contribution >= 0.6 is 0 Å². The third kappa shape index (κ3) is 4.81. The van der Waals surface area contributed by atoms with Gasteiger partial charge >= 0.3 is 0 Å². The molecule has 0 unspecified atom stereocenters. The van der Waals surface area contributed by atoms with Gasteiger partial charge in [-0.25, -0.2) is 17.5 Å². The molecule has 0 atom stereocenters. The summed E-state index contributed by atoms with van der Waals surface area (Å²) < 4.78 is 47.7. The van der Waals surface area contributed by atoms with Crippen LogP contribution in [0, 0.1) is 5.82 Å². The molecule has 31 heavy (non-hydrogen) atoms. The van der Waals surface area contributed by atoms with Gasteiger partial charge in [0.2, 0.25) is 10.0 Å². The highest BCUT2D eigenvalue weighted by Crippen LogP contribution is 2.31. The van der Waals surface area contributed by atoms with E-state index < -0.39 is 10.0 Å². The van der Waals surface area contributed by atoms with Gasteiger partial charge in [-0.15, -0.1) is 0 Å². The van der Waals surface area contributed by atoms with Gasteiger partial charge in [0.15, 0.2) is 0 Å². The van der Waals surface area contributed by atoms with Crippen molar-refractivity contribution in [3.63, 3.8) is 0 Å². The lowest BCUT2D eigenvalue weighted by atomic mass is 10.0. The van der Waals surface area contributed by atoms with Crippen LogP contribution in [-0.4, -0.2) is 48.3 Å². The van der Waals surface area contributed by atoms with E-state index in [1.165, 1.54) is 12.1 Å². The molecule has 3 aromatic carbocycles. The SMILES string of the molecule is COc1ccc(S(=O)(=O)NCCc2cccc3ccc(F)cc23)cc1N1CCNCC1. The van der Waals surface area contributed by atoms with E-state index in [2.05, 4.69) is 14.9 Å². The third-order valence-corrected chi connectivity index (χ3v) is 7.00. The minimum Gasteiger partial charge on any atom is -0.495 e. The number of rotatable bonds is 7. The molecule has 0 radical (unpaired) electrons. The Morgan fingerprint density at radius 3 is 2.68 bits per heavy atom. The summed E-state index contributed by atoms with van der Waals surface area (Å²) >= 11 is 0. The number of fused-ring (bicyclic) bond motifs is 1. The number of anilines is 1. The maximum Gasteiger partial charge on any atom is 0.240 e. The molecule has 164 valence electrons. The Hall–Kier alpha value is -2.68. The van der Waals surface area contributed by atoms with Gasteiger partial charge < -0.3 is 15.0 Å². The molecule has 3 aromatic rings. The second kappa shape index (κ2) is 9.21. The average Bonchev–Trinajstić information content (AvgIpc) is 2.79. The molecule has 4 rings (SSSR count). The molecule has 2 N–H and O–H groups in total. The van der Waals surface area contributed by atoms with Crippen molar-refractivity contribution in [1.82, 2.24) is 10.0 Å². The van der Waals surface area contributed by atoms with Crippen molar-refractivity contribution in [2.24, 2.45) is 0 Å². The van der Waals surface area contributed by atoms with Crippen molar-refractivity contribution >= 4 is 26.5 Å². The fraction of sp³-hybridized carbons (Fsp3) is 0.304. The molecule has 1 aliphatic heterocycles. The molecule has 0 saturated carbocycles. The van der Waals surface area contributed by atoms with Gasteiger partial charge in [-0.05, 0) is 53.1 Å². The van der Waals surface area contributed by atoms with E-state index in [0.717, 1.165) is 48.2 Å². The molecule has 6 nitrogen and oxygen atoms in total. The number of hydrogen-bond donors (Lipinski definition) is 2. The number of nitrogens with one attached hydrogen (secondary N) is 2. The normalized spacial score (nSPS) is 14.7. The first-order chi connectivity index (χ1) is 15.0. The molecule has 1 aliphatic rings. The smallest absolute Gasteiger partial charge is 0.240 e. The summed E-state index contributed by atoms with van der Waals surface area (Å²) in [6, 6.07) is 15.3. The summed E-state index contributed by atoms with van der Waals surface area (Å²) in [5.41, 5.74) is 1.67. The molecule has 0 bridgehead atoms. The summed E-state index contributed by atoms with van der Waals surface area (Å²) in [7, 11) is -2.12. The van der Waals surface area contributed by atoms with Crippen LogP contribution in [-0.2, 0) is 16.4 Å². The summed E-state index contributed by atoms with van der Waals surface area (Å²) in [6.45, 7) is 3.46. The fourth-order valence-electron chi connectivity index (χ4n) is 3.92. The number of benzene rings is 3. The predicted molar refractivity (Wildman–Crippen MR) is 121 cm³/mol. The van der Waals surface area contributed by atoms with E-state index in [0.29, 0.717) is 12.2 Å². The predicted octanol–water partition coefficient (Wildman–Crippen LogP) is 2.92. The van der Waals surface area contributed by atoms with Crippen LogP contribution in [0.4, 0.5) is 10.1 Å². The van der Waals surface area contributed by atoms with E-state index in [1.54, 1.807) is 31.4 Å². The number of methoxy groups -OCH3 is 1. The van der Waals surface area contributed by atoms with E-state index in [9.17, 15) is 12.8 Å². The van der Waals surface area contributed by atoms with Gasteiger partial charge in [-0.1, -0.05) is 24.3 Å². The molecule has 1 saturated heterocycles. The van der Waals surface area contributed by atoms with Gasteiger partial charge in [0.05, 0.1) is 17.7 Å². The minimum atomic E-state index is -3.70. The molecule has 0 spiro atoms. The highest BCUT2D eigenvalue weighted by molar-refractivity contribution is 7.89. The lowest BCUT2D eigenvalue weighted by Gasteiger charge is -2.30. The van der Waals surface area contributed by atoms with Crippen LogP contribution in [0.3, 0.4) is 0 Å². The number of piperazine rings is 1. The van der Waals surface area contributed by atoms with Crippen molar-refractivity contribution in [2.45, 2.75) is 11.3 Å². The fourth-order valence-corrected chi connectivity index (χ4v) is 4.97.